The number of rotatable bonds is 6. The lowest BCUT2D eigenvalue weighted by molar-refractivity contribution is -0.137. The molecule has 11 heteroatoms. The maximum Gasteiger partial charge on any atom is 0.416 e. The molecule has 1 aliphatic heterocycles. The molecule has 1 saturated carbocycles. The van der Waals surface area contributed by atoms with Gasteiger partial charge in [-0.05, 0) is 57.0 Å². The highest BCUT2D eigenvalue weighted by Gasteiger charge is 2.39. The Hall–Kier alpha value is -3.02. The number of carbonyl (C=O) groups is 1. The molecule has 0 spiro atoms. The predicted octanol–water partition coefficient (Wildman–Crippen LogP) is 3.31. The molecular weight excluding hydrogens is 473 g/mol. The maximum atomic E-state index is 12.5. The van der Waals surface area contributed by atoms with E-state index in [0.29, 0.717) is 29.3 Å². The number of carbonyl (C=O) groups excluding carboxylic acids is 1. The van der Waals surface area contributed by atoms with Gasteiger partial charge in [0, 0.05) is 48.5 Å². The van der Waals surface area contributed by atoms with Crippen LogP contribution in [0.5, 0.6) is 0 Å². The number of halogens is 3. The van der Waals surface area contributed by atoms with E-state index in [1.54, 1.807) is 12.4 Å². The Morgan fingerprint density at radius 3 is 2.61 bits per heavy atom. The molecule has 0 radical (unpaired) electrons. The van der Waals surface area contributed by atoms with Gasteiger partial charge in [0.2, 0.25) is 0 Å². The first kappa shape index (κ1) is 26.1. The highest BCUT2D eigenvalue weighted by Crippen LogP contribution is 2.39. The summed E-state index contributed by atoms with van der Waals surface area (Å²) in [5, 5.41) is 23.4. The van der Waals surface area contributed by atoms with Crippen molar-refractivity contribution in [3.63, 3.8) is 0 Å². The molecule has 0 amide bonds. The van der Waals surface area contributed by atoms with Crippen molar-refractivity contribution < 1.29 is 23.1 Å². The second-order valence-corrected chi connectivity index (χ2v) is 9.32. The Kier molecular flexibility index (Phi) is 7.91. The largest absolute Gasteiger partial charge is 0.416 e. The quantitative estimate of drug-likeness (QED) is 0.382. The lowest BCUT2D eigenvalue weighted by Gasteiger charge is -2.48. The van der Waals surface area contributed by atoms with Gasteiger partial charge in [0.1, 0.15) is 6.29 Å². The third-order valence-electron chi connectivity index (χ3n) is 7.06. The number of aldehydes is 1. The molecule has 1 aliphatic carbocycles. The number of aromatic amines is 1. The molecule has 1 saturated heterocycles. The van der Waals surface area contributed by atoms with E-state index in [9.17, 15) is 23.1 Å². The third kappa shape index (κ3) is 5.85. The predicted molar refractivity (Wildman–Crippen MR) is 130 cm³/mol. The zero-order valence-electron chi connectivity index (χ0n) is 20.1. The number of hydrogen-bond acceptors (Lipinski definition) is 7. The molecule has 0 atom stereocenters. The van der Waals surface area contributed by atoms with E-state index >= 15 is 0 Å². The highest BCUT2D eigenvalue weighted by molar-refractivity contribution is 5.90. The molecule has 0 bridgehead atoms. The lowest BCUT2D eigenvalue weighted by atomic mass is 9.77. The fourth-order valence-electron chi connectivity index (χ4n) is 4.83. The van der Waals surface area contributed by atoms with Gasteiger partial charge in [-0.3, -0.25) is 15.0 Å². The van der Waals surface area contributed by atoms with Gasteiger partial charge in [-0.2, -0.15) is 18.3 Å². The van der Waals surface area contributed by atoms with E-state index in [1.807, 2.05) is 19.2 Å². The van der Waals surface area contributed by atoms with Crippen LogP contribution in [0.15, 0.2) is 42.7 Å². The van der Waals surface area contributed by atoms with Gasteiger partial charge in [-0.1, -0.05) is 6.07 Å². The molecule has 194 valence electrons. The number of aliphatic hydroxyl groups is 1. The van der Waals surface area contributed by atoms with Gasteiger partial charge < -0.3 is 20.5 Å². The molecule has 0 unspecified atom stereocenters. The summed E-state index contributed by atoms with van der Waals surface area (Å²) in [5.41, 5.74) is 0.0509. The molecule has 4 N–H and O–H groups in total. The average Bonchev–Trinajstić information content (AvgIpc) is 3.26. The van der Waals surface area contributed by atoms with Gasteiger partial charge in [0.25, 0.3) is 0 Å². The molecule has 2 aliphatic rings. The third-order valence-corrected chi connectivity index (χ3v) is 7.06. The van der Waals surface area contributed by atoms with Crippen molar-refractivity contribution in [2.45, 2.75) is 49.5 Å². The Balaban J connectivity index is 0.000000170. The molecule has 3 heterocycles. The first-order valence-corrected chi connectivity index (χ1v) is 12.0. The Morgan fingerprint density at radius 2 is 2.00 bits per heavy atom. The average molecular weight is 505 g/mol. The summed E-state index contributed by atoms with van der Waals surface area (Å²) in [6, 6.07) is 8.49. The standard InChI is InChI=1S/C15H23N3O.C10H8F3N3O/c1-16-13-10-18(11-13)14-4-6-15(19,7-5-14)12-3-2-8-17-9-12;11-10(12,13)6-1-2-8-7(5-6)9(16-15-8)14-3-4-17/h2-3,8-9,13-14,16,19H,4-7,10-11H2,1H3;1-2,4-5H,3H2,(H2,14,15,16). The minimum absolute atomic E-state index is 0.00377. The van der Waals surface area contributed by atoms with Crippen LogP contribution in [0.1, 0.15) is 36.8 Å². The first-order valence-electron chi connectivity index (χ1n) is 12.0. The van der Waals surface area contributed by atoms with Gasteiger partial charge in [0.05, 0.1) is 23.2 Å². The molecule has 8 nitrogen and oxygen atoms in total. The number of nitrogens with one attached hydrogen (secondary N) is 3. The van der Waals surface area contributed by atoms with Crippen molar-refractivity contribution in [3.05, 3.63) is 53.9 Å². The number of anilines is 1. The van der Waals surface area contributed by atoms with Gasteiger partial charge in [-0.25, -0.2) is 0 Å². The van der Waals surface area contributed by atoms with Crippen molar-refractivity contribution in [2.24, 2.45) is 0 Å². The van der Waals surface area contributed by atoms with Gasteiger partial charge >= 0.3 is 6.18 Å². The van der Waals surface area contributed by atoms with E-state index in [0.717, 1.165) is 56.5 Å². The second-order valence-electron chi connectivity index (χ2n) is 9.32. The lowest BCUT2D eigenvalue weighted by Crippen LogP contribution is -2.61. The molecule has 1 aromatic carbocycles. The Bertz CT molecular complexity index is 1140. The summed E-state index contributed by atoms with van der Waals surface area (Å²) in [5.74, 6) is 0.234. The van der Waals surface area contributed by atoms with Crippen LogP contribution in [0.25, 0.3) is 10.9 Å². The van der Waals surface area contributed by atoms with E-state index in [1.165, 1.54) is 6.07 Å². The molecule has 2 aromatic heterocycles. The maximum absolute atomic E-state index is 12.5. The number of H-pyrrole nitrogens is 1. The van der Waals surface area contributed by atoms with Crippen molar-refractivity contribution >= 4 is 23.0 Å². The number of benzene rings is 1. The van der Waals surface area contributed by atoms with E-state index in [4.69, 9.17) is 0 Å². The van der Waals surface area contributed by atoms with Crippen LogP contribution in [0, 0.1) is 0 Å². The normalized spacial score (nSPS) is 23.0. The summed E-state index contributed by atoms with van der Waals surface area (Å²) in [6.07, 6.45) is 3.65. The molecule has 2 fully saturated rings. The summed E-state index contributed by atoms with van der Waals surface area (Å²) in [6.45, 7) is 2.31. The van der Waals surface area contributed by atoms with Crippen LogP contribution in [0.4, 0.5) is 19.0 Å². The topological polar surface area (TPSA) is 106 Å². The highest BCUT2D eigenvalue weighted by atomic mass is 19.4. The monoisotopic (exact) mass is 504 g/mol. The summed E-state index contributed by atoms with van der Waals surface area (Å²) in [7, 11) is 2.03. The Morgan fingerprint density at radius 1 is 1.25 bits per heavy atom. The van der Waals surface area contributed by atoms with Crippen LogP contribution < -0.4 is 10.6 Å². The molecular formula is C25H31F3N6O2. The van der Waals surface area contributed by atoms with Crippen molar-refractivity contribution in [1.82, 2.24) is 25.4 Å². The van der Waals surface area contributed by atoms with E-state index < -0.39 is 17.3 Å². The van der Waals surface area contributed by atoms with Gasteiger partial charge in [0.15, 0.2) is 5.82 Å². The second kappa shape index (κ2) is 10.9. The number of hydrogen-bond donors (Lipinski definition) is 4. The van der Waals surface area contributed by atoms with Crippen LogP contribution in [-0.4, -0.2) is 70.2 Å². The zero-order chi connectivity index (χ0) is 25.8. The number of fused-ring (bicyclic) bond motifs is 1. The minimum atomic E-state index is -4.40. The minimum Gasteiger partial charge on any atom is -0.385 e. The number of nitrogens with zero attached hydrogens (tertiary/aromatic N) is 3. The molecule has 5 rings (SSSR count). The van der Waals surface area contributed by atoms with Crippen LogP contribution in [-0.2, 0) is 16.6 Å². The number of alkyl halides is 3. The van der Waals surface area contributed by atoms with Crippen LogP contribution in [0.3, 0.4) is 0 Å². The Labute approximate surface area is 207 Å². The van der Waals surface area contributed by atoms with Crippen molar-refractivity contribution in [2.75, 3.05) is 32.0 Å². The summed E-state index contributed by atoms with van der Waals surface area (Å²) < 4.78 is 37.5. The van der Waals surface area contributed by atoms with Crippen molar-refractivity contribution in [1.29, 1.82) is 0 Å². The van der Waals surface area contributed by atoms with E-state index in [2.05, 4.69) is 30.7 Å². The number of aromatic nitrogens is 3. The molecule has 3 aromatic rings. The fraction of sp³-hybridized carbons (Fsp3) is 0.480. The number of likely N-dealkylation sites (N-methyl/N-ethyl adjacent to an activating group) is 1. The number of likely N-dealkylation sites (tertiary alicyclic amines) is 1. The van der Waals surface area contributed by atoms with Crippen LogP contribution in [0.2, 0.25) is 0 Å². The number of pyridine rings is 1. The summed E-state index contributed by atoms with van der Waals surface area (Å²) >= 11 is 0. The van der Waals surface area contributed by atoms with Gasteiger partial charge in [-0.15, -0.1) is 0 Å². The van der Waals surface area contributed by atoms with Crippen LogP contribution >= 0.6 is 0 Å². The first-order chi connectivity index (χ1) is 17.2. The fourth-order valence-corrected chi connectivity index (χ4v) is 4.83. The zero-order valence-corrected chi connectivity index (χ0v) is 20.1. The SMILES string of the molecule is CNC1CN(C2CCC(O)(c3cccnc3)CC2)C1.O=CCNc1n[nH]c2ccc(C(F)(F)F)cc12. The summed E-state index contributed by atoms with van der Waals surface area (Å²) in [4.78, 5) is 16.9. The van der Waals surface area contributed by atoms with Crippen molar-refractivity contribution in [3.8, 4) is 0 Å². The smallest absolute Gasteiger partial charge is 0.385 e. The molecule has 36 heavy (non-hydrogen) atoms. The van der Waals surface area contributed by atoms with E-state index in [-0.39, 0.29) is 12.4 Å².